The summed E-state index contributed by atoms with van der Waals surface area (Å²) in [5.74, 6) is 0. The van der Waals surface area contributed by atoms with Gasteiger partial charge in [-0.15, -0.1) is 0 Å². The van der Waals surface area contributed by atoms with E-state index in [-0.39, 0.29) is 0 Å². The van der Waals surface area contributed by atoms with Crippen molar-refractivity contribution in [3.63, 3.8) is 0 Å². The predicted molar refractivity (Wildman–Crippen MR) is 193 cm³/mol. The Hall–Kier alpha value is -5.44. The Morgan fingerprint density at radius 2 is 0.956 bits per heavy atom. The summed E-state index contributed by atoms with van der Waals surface area (Å²) < 4.78 is 2.47. The molecular weight excluding hydrogens is 559 g/mol. The second kappa shape index (κ2) is 10.3. The fraction of sp³-hybridized carbons (Fsp3) is 0.0233. The van der Waals surface area contributed by atoms with E-state index in [1.807, 2.05) is 0 Å². The minimum Gasteiger partial charge on any atom is -0.309 e. The molecule has 0 saturated heterocycles. The third-order valence-corrected chi connectivity index (χ3v) is 14.6. The molecule has 0 bridgehead atoms. The molecule has 7 aromatic carbocycles. The first-order chi connectivity index (χ1) is 22.3. The van der Waals surface area contributed by atoms with Crippen LogP contribution in [0.4, 0.5) is 0 Å². The number of aromatic nitrogens is 1. The molecular formula is C43H31NSi. The highest BCUT2D eigenvalue weighted by Gasteiger charge is 2.41. The van der Waals surface area contributed by atoms with Crippen molar-refractivity contribution in [2.24, 2.45) is 0 Å². The summed E-state index contributed by atoms with van der Waals surface area (Å²) in [7, 11) is -2.67. The van der Waals surface area contributed by atoms with Crippen LogP contribution < -0.4 is 20.7 Å². The van der Waals surface area contributed by atoms with Crippen LogP contribution >= 0.6 is 0 Å². The van der Waals surface area contributed by atoms with Gasteiger partial charge in [0.05, 0.1) is 11.0 Å². The van der Waals surface area contributed by atoms with Crippen LogP contribution in [0.25, 0.3) is 38.6 Å². The van der Waals surface area contributed by atoms with Crippen molar-refractivity contribution >= 4 is 50.6 Å². The molecule has 1 aromatic heterocycles. The quantitative estimate of drug-likeness (QED) is 0.143. The molecule has 45 heavy (non-hydrogen) atoms. The molecule has 0 spiro atoms. The van der Waals surface area contributed by atoms with Gasteiger partial charge in [0.25, 0.3) is 0 Å². The highest BCUT2D eigenvalue weighted by molar-refractivity contribution is 7.20. The molecule has 0 N–H and O–H groups in total. The Morgan fingerprint density at radius 3 is 1.58 bits per heavy atom. The molecule has 1 aliphatic carbocycles. The van der Waals surface area contributed by atoms with Gasteiger partial charge in [-0.1, -0.05) is 152 Å². The Bertz CT molecular complexity index is 2230. The van der Waals surface area contributed by atoms with Gasteiger partial charge in [-0.05, 0) is 73.7 Å². The lowest BCUT2D eigenvalue weighted by Gasteiger charge is -2.34. The second-order valence-corrected chi connectivity index (χ2v) is 15.9. The molecule has 9 rings (SSSR count). The predicted octanol–water partition coefficient (Wildman–Crippen LogP) is 7.73. The Morgan fingerprint density at radius 1 is 0.422 bits per heavy atom. The zero-order valence-electron chi connectivity index (χ0n) is 24.9. The number of hydrogen-bond donors (Lipinski definition) is 0. The van der Waals surface area contributed by atoms with Gasteiger partial charge in [0.1, 0.15) is 0 Å². The largest absolute Gasteiger partial charge is 0.309 e. The first-order valence-electron chi connectivity index (χ1n) is 15.7. The summed E-state index contributed by atoms with van der Waals surface area (Å²) in [5.41, 5.74) is 9.31. The molecule has 0 radical (unpaired) electrons. The van der Waals surface area contributed by atoms with Crippen LogP contribution in [0, 0.1) is 0 Å². The summed E-state index contributed by atoms with van der Waals surface area (Å²) in [6, 6.07) is 65.5. The maximum atomic E-state index is 2.56. The Balaban J connectivity index is 1.43. The van der Waals surface area contributed by atoms with Gasteiger partial charge < -0.3 is 4.57 Å². The molecule has 0 unspecified atom stereocenters. The van der Waals surface area contributed by atoms with Crippen LogP contribution in [0.2, 0.25) is 0 Å². The van der Waals surface area contributed by atoms with Crippen LogP contribution in [-0.2, 0) is 6.42 Å². The molecule has 212 valence electrons. The molecule has 8 aromatic rings. The third kappa shape index (κ3) is 3.86. The molecule has 1 aliphatic rings. The Labute approximate surface area is 264 Å². The maximum absolute atomic E-state index is 2.67. The van der Waals surface area contributed by atoms with Crippen LogP contribution in [0.1, 0.15) is 11.1 Å². The number of rotatable bonds is 5. The average molecular weight is 590 g/mol. The average Bonchev–Trinajstić information content (AvgIpc) is 3.66. The minimum atomic E-state index is -2.67. The van der Waals surface area contributed by atoms with Crippen molar-refractivity contribution in [1.82, 2.24) is 4.57 Å². The summed E-state index contributed by atoms with van der Waals surface area (Å²) in [6.45, 7) is 0. The van der Waals surface area contributed by atoms with Crippen LogP contribution in [0.15, 0.2) is 176 Å². The molecule has 0 atom stereocenters. The zero-order chi connectivity index (χ0) is 29.8. The number of fused-ring (bicyclic) bond motifs is 7. The van der Waals surface area contributed by atoms with Gasteiger partial charge in [0, 0.05) is 16.5 Å². The summed E-state index contributed by atoms with van der Waals surface area (Å²) in [6.07, 6.45) is 0.958. The molecule has 1 heterocycles. The van der Waals surface area contributed by atoms with E-state index in [0.717, 1.165) is 6.42 Å². The van der Waals surface area contributed by atoms with E-state index in [0.29, 0.717) is 0 Å². The minimum absolute atomic E-state index is 0.958. The summed E-state index contributed by atoms with van der Waals surface area (Å²) in [5, 5.41) is 8.29. The van der Waals surface area contributed by atoms with Crippen LogP contribution in [0.3, 0.4) is 0 Å². The lowest BCUT2D eigenvalue weighted by Crippen LogP contribution is -2.74. The normalized spacial score (nSPS) is 12.4. The van der Waals surface area contributed by atoms with Gasteiger partial charge in [0.15, 0.2) is 8.07 Å². The van der Waals surface area contributed by atoms with Gasteiger partial charge in [0.2, 0.25) is 0 Å². The number of hydrogen-bond acceptors (Lipinski definition) is 0. The topological polar surface area (TPSA) is 4.93 Å². The molecule has 0 fully saturated rings. The lowest BCUT2D eigenvalue weighted by atomic mass is 10.0. The van der Waals surface area contributed by atoms with E-state index in [1.54, 1.807) is 0 Å². The molecule has 0 amide bonds. The van der Waals surface area contributed by atoms with Crippen LogP contribution in [-0.4, -0.2) is 12.6 Å². The highest BCUT2D eigenvalue weighted by atomic mass is 28.3. The zero-order valence-corrected chi connectivity index (χ0v) is 25.9. The van der Waals surface area contributed by atoms with Crippen molar-refractivity contribution in [2.45, 2.75) is 6.42 Å². The smallest absolute Gasteiger partial charge is 0.179 e. The van der Waals surface area contributed by atoms with Crippen molar-refractivity contribution in [1.29, 1.82) is 0 Å². The fourth-order valence-corrected chi connectivity index (χ4v) is 12.7. The second-order valence-electron chi connectivity index (χ2n) is 12.1. The molecule has 1 nitrogen and oxygen atoms in total. The molecule has 0 saturated carbocycles. The van der Waals surface area contributed by atoms with E-state index >= 15 is 0 Å². The summed E-state index contributed by atoms with van der Waals surface area (Å²) >= 11 is 0. The van der Waals surface area contributed by atoms with Gasteiger partial charge in [-0.25, -0.2) is 0 Å². The number of benzene rings is 7. The lowest BCUT2D eigenvalue weighted by molar-refractivity contribution is 1.18. The maximum Gasteiger partial charge on any atom is 0.179 e. The van der Waals surface area contributed by atoms with E-state index < -0.39 is 8.07 Å². The van der Waals surface area contributed by atoms with Crippen molar-refractivity contribution in [3.05, 3.63) is 187 Å². The van der Waals surface area contributed by atoms with E-state index in [9.17, 15) is 0 Å². The first-order valence-corrected chi connectivity index (χ1v) is 17.7. The van der Waals surface area contributed by atoms with Gasteiger partial charge >= 0.3 is 0 Å². The molecule has 0 aliphatic heterocycles. The van der Waals surface area contributed by atoms with Crippen molar-refractivity contribution in [3.8, 4) is 16.8 Å². The fourth-order valence-electron chi connectivity index (χ4n) is 7.90. The van der Waals surface area contributed by atoms with Crippen molar-refractivity contribution in [2.75, 3.05) is 0 Å². The van der Waals surface area contributed by atoms with Crippen LogP contribution in [0.5, 0.6) is 0 Å². The van der Waals surface area contributed by atoms with E-state index in [1.165, 1.54) is 70.5 Å². The number of para-hydroxylation sites is 1. The van der Waals surface area contributed by atoms with Gasteiger partial charge in [-0.2, -0.15) is 0 Å². The monoisotopic (exact) mass is 589 g/mol. The number of nitrogens with zero attached hydrogens (tertiary/aromatic N) is 1. The SMILES string of the molecule is c1ccc(-n2c3ccc([Si](c4ccccc4)(c4ccccc4)c4ccccc4)cc3c3c4c(ccc32)-c2ccccc2C4)cc1. The van der Waals surface area contributed by atoms with E-state index in [2.05, 4.69) is 180 Å². The van der Waals surface area contributed by atoms with Crippen molar-refractivity contribution < 1.29 is 0 Å². The molecule has 2 heteroatoms. The Kier molecular flexibility index (Phi) is 5.97. The highest BCUT2D eigenvalue weighted by Crippen LogP contribution is 2.44. The van der Waals surface area contributed by atoms with E-state index in [4.69, 9.17) is 0 Å². The first kappa shape index (κ1) is 26.0. The standard InChI is InChI=1S/C43H31NSi/c1-5-16-32(17-6-1)44-41-27-25-36(30-40(41)43-39-29-31-15-13-14-24-37(31)38(39)26-28-42(43)44)45(33-18-7-2-8-19-33,34-20-9-3-10-21-34)35-22-11-4-12-23-35/h1-28,30H,29H2. The van der Waals surface area contributed by atoms with Gasteiger partial charge in [-0.3, -0.25) is 0 Å². The summed E-state index contributed by atoms with van der Waals surface area (Å²) in [4.78, 5) is 0. The third-order valence-electron chi connectivity index (χ3n) is 9.78.